The number of cyclic esters (lactones) is 1. The lowest BCUT2D eigenvalue weighted by Gasteiger charge is -2.33. The van der Waals surface area contributed by atoms with E-state index in [0.717, 1.165) is 65.2 Å². The third kappa shape index (κ3) is 3.63. The van der Waals surface area contributed by atoms with Gasteiger partial charge >= 0.3 is 5.97 Å². The molecule has 0 amide bonds. The average Bonchev–Trinajstić information content (AvgIpc) is 3.47. The van der Waals surface area contributed by atoms with Gasteiger partial charge in [-0.3, -0.25) is 0 Å². The third-order valence-electron chi connectivity index (χ3n) is 6.23. The fourth-order valence-electron chi connectivity index (χ4n) is 4.41. The van der Waals surface area contributed by atoms with E-state index in [-0.39, 0.29) is 0 Å². The van der Waals surface area contributed by atoms with Crippen LogP contribution in [0.1, 0.15) is 5.56 Å². The Morgan fingerprint density at radius 2 is 1.88 bits per heavy atom. The predicted octanol–water partition coefficient (Wildman–Crippen LogP) is 3.69. The van der Waals surface area contributed by atoms with Crippen LogP contribution in [-0.4, -0.2) is 60.0 Å². The van der Waals surface area contributed by atoms with Crippen molar-refractivity contribution in [3.8, 4) is 5.75 Å². The number of rotatable bonds is 4. The summed E-state index contributed by atoms with van der Waals surface area (Å²) in [7, 11) is 1.64. The Bertz CT molecular complexity index is 1430. The van der Waals surface area contributed by atoms with Crippen LogP contribution in [0.5, 0.6) is 5.75 Å². The number of aromatic nitrogens is 2. The molecule has 0 spiro atoms. The molecule has 2 aliphatic rings. The second kappa shape index (κ2) is 8.22. The minimum absolute atomic E-state index is 0.317. The van der Waals surface area contributed by atoms with Gasteiger partial charge in [0.05, 0.1) is 18.1 Å². The Balaban J connectivity index is 1.20. The number of benzene rings is 3. The summed E-state index contributed by atoms with van der Waals surface area (Å²) in [5.41, 5.74) is 3.10. The zero-order valence-corrected chi connectivity index (χ0v) is 18.7. The number of piperazine rings is 1. The highest BCUT2D eigenvalue weighted by molar-refractivity contribution is 6.16. The number of fused-ring (bicyclic) bond motifs is 2. The van der Waals surface area contributed by atoms with Gasteiger partial charge in [0.2, 0.25) is 11.8 Å². The Hall–Kier alpha value is -4.33. The van der Waals surface area contributed by atoms with E-state index in [1.165, 1.54) is 0 Å². The van der Waals surface area contributed by atoms with Gasteiger partial charge in [0.1, 0.15) is 5.75 Å². The molecule has 3 heterocycles. The van der Waals surface area contributed by atoms with Crippen molar-refractivity contribution in [2.75, 3.05) is 38.2 Å². The first-order chi connectivity index (χ1) is 16.7. The molecule has 8 nitrogen and oxygen atoms in total. The number of aromatic amines is 1. The molecule has 4 aromatic rings. The molecule has 0 unspecified atom stereocenters. The second-order valence-corrected chi connectivity index (χ2v) is 8.31. The fourth-order valence-corrected chi connectivity index (χ4v) is 4.41. The molecule has 0 radical (unpaired) electrons. The average molecular weight is 454 g/mol. The van der Waals surface area contributed by atoms with E-state index in [1.54, 1.807) is 13.3 Å². The van der Waals surface area contributed by atoms with Crippen LogP contribution in [0.2, 0.25) is 0 Å². The lowest BCUT2D eigenvalue weighted by molar-refractivity contribution is -0.130. The standard InChI is InChI=1S/C26H23N5O3/c1-33-18-9-10-19-17(15-18)5-4-6-20(19)24-27-23(25(32)34-24)16-30-11-13-31(14-12-30)26-28-21-7-2-3-8-22(21)29-26/h2-10,15-16H,11-14H2,1H3,(H,28,29)/b23-16+. The van der Waals surface area contributed by atoms with Crippen LogP contribution in [0.4, 0.5) is 5.95 Å². The molecule has 0 atom stereocenters. The van der Waals surface area contributed by atoms with Crippen LogP contribution < -0.4 is 9.64 Å². The summed E-state index contributed by atoms with van der Waals surface area (Å²) in [6, 6.07) is 19.7. The highest BCUT2D eigenvalue weighted by Crippen LogP contribution is 2.27. The molecule has 2 aliphatic heterocycles. The van der Waals surface area contributed by atoms with Gasteiger partial charge in [0.15, 0.2) is 5.70 Å². The first kappa shape index (κ1) is 20.3. The molecule has 1 aromatic heterocycles. The minimum Gasteiger partial charge on any atom is -0.497 e. The highest BCUT2D eigenvalue weighted by Gasteiger charge is 2.27. The number of para-hydroxylation sites is 2. The van der Waals surface area contributed by atoms with Crippen molar-refractivity contribution in [3.63, 3.8) is 0 Å². The lowest BCUT2D eigenvalue weighted by Crippen LogP contribution is -2.44. The van der Waals surface area contributed by atoms with E-state index >= 15 is 0 Å². The van der Waals surface area contributed by atoms with Crippen molar-refractivity contribution in [1.82, 2.24) is 14.9 Å². The smallest absolute Gasteiger partial charge is 0.365 e. The third-order valence-corrected chi connectivity index (χ3v) is 6.23. The normalized spacial score (nSPS) is 17.5. The lowest BCUT2D eigenvalue weighted by atomic mass is 10.0. The first-order valence-electron chi connectivity index (χ1n) is 11.2. The van der Waals surface area contributed by atoms with Crippen LogP contribution in [0, 0.1) is 0 Å². The van der Waals surface area contributed by atoms with E-state index in [2.05, 4.69) is 24.8 Å². The molecular formula is C26H23N5O3. The molecule has 1 N–H and O–H groups in total. The Morgan fingerprint density at radius 3 is 2.71 bits per heavy atom. The van der Waals surface area contributed by atoms with Crippen LogP contribution >= 0.6 is 0 Å². The number of esters is 1. The number of aliphatic imine (C=N–C) groups is 1. The quantitative estimate of drug-likeness (QED) is 0.375. The molecule has 8 heteroatoms. The van der Waals surface area contributed by atoms with Gasteiger partial charge in [-0.1, -0.05) is 24.3 Å². The number of hydrogen-bond acceptors (Lipinski definition) is 7. The van der Waals surface area contributed by atoms with E-state index < -0.39 is 5.97 Å². The molecule has 1 saturated heterocycles. The zero-order valence-electron chi connectivity index (χ0n) is 18.7. The number of carbonyl (C=O) groups is 1. The van der Waals surface area contributed by atoms with E-state index in [9.17, 15) is 4.79 Å². The summed E-state index contributed by atoms with van der Waals surface area (Å²) < 4.78 is 10.9. The van der Waals surface area contributed by atoms with Crippen molar-refractivity contribution in [2.24, 2.45) is 4.99 Å². The number of hydrogen-bond donors (Lipinski definition) is 1. The number of ether oxygens (including phenoxy) is 2. The maximum Gasteiger partial charge on any atom is 0.365 e. The Morgan fingerprint density at radius 1 is 1.03 bits per heavy atom. The molecule has 170 valence electrons. The zero-order chi connectivity index (χ0) is 23.1. The van der Waals surface area contributed by atoms with E-state index in [0.29, 0.717) is 11.6 Å². The number of H-pyrrole nitrogens is 1. The van der Waals surface area contributed by atoms with Crippen molar-refractivity contribution < 1.29 is 14.3 Å². The van der Waals surface area contributed by atoms with Crippen molar-refractivity contribution >= 4 is 39.6 Å². The van der Waals surface area contributed by atoms with Gasteiger partial charge in [-0.2, -0.15) is 0 Å². The monoisotopic (exact) mass is 453 g/mol. The summed E-state index contributed by atoms with van der Waals surface area (Å²) in [4.78, 5) is 29.5. The molecule has 1 fully saturated rings. The molecule has 0 bridgehead atoms. The summed E-state index contributed by atoms with van der Waals surface area (Å²) in [6.45, 7) is 3.10. The fraction of sp³-hybridized carbons (Fsp3) is 0.192. The van der Waals surface area contributed by atoms with Crippen molar-refractivity contribution in [1.29, 1.82) is 0 Å². The summed E-state index contributed by atoms with van der Waals surface area (Å²) in [5.74, 6) is 1.55. The van der Waals surface area contributed by atoms with Crippen LogP contribution in [0.3, 0.4) is 0 Å². The first-order valence-corrected chi connectivity index (χ1v) is 11.2. The molecule has 3 aromatic carbocycles. The number of anilines is 1. The van der Waals surface area contributed by atoms with Gasteiger partial charge in [-0.25, -0.2) is 14.8 Å². The van der Waals surface area contributed by atoms with Crippen LogP contribution in [0.25, 0.3) is 21.8 Å². The Labute approximate surface area is 196 Å². The van der Waals surface area contributed by atoms with Gasteiger partial charge < -0.3 is 24.3 Å². The number of nitrogens with zero attached hydrogens (tertiary/aromatic N) is 4. The maximum atomic E-state index is 12.6. The topological polar surface area (TPSA) is 83.0 Å². The second-order valence-electron chi connectivity index (χ2n) is 8.31. The number of nitrogens with one attached hydrogen (secondary N) is 1. The van der Waals surface area contributed by atoms with Gasteiger partial charge in [0, 0.05) is 37.9 Å². The maximum absolute atomic E-state index is 12.6. The molecule has 0 saturated carbocycles. The van der Waals surface area contributed by atoms with Crippen molar-refractivity contribution in [3.05, 3.63) is 78.1 Å². The van der Waals surface area contributed by atoms with Crippen molar-refractivity contribution in [2.45, 2.75) is 0 Å². The predicted molar refractivity (Wildman–Crippen MR) is 131 cm³/mol. The minimum atomic E-state index is -0.430. The highest BCUT2D eigenvalue weighted by atomic mass is 16.6. The van der Waals surface area contributed by atoms with E-state index in [1.807, 2.05) is 60.7 Å². The van der Waals surface area contributed by atoms with Crippen LogP contribution in [0.15, 0.2) is 77.6 Å². The summed E-state index contributed by atoms with van der Waals surface area (Å²) in [5, 5.41) is 1.95. The van der Waals surface area contributed by atoms with Gasteiger partial charge in [0.25, 0.3) is 0 Å². The summed E-state index contributed by atoms with van der Waals surface area (Å²) in [6.07, 6.45) is 1.81. The largest absolute Gasteiger partial charge is 0.497 e. The van der Waals surface area contributed by atoms with Gasteiger partial charge in [-0.15, -0.1) is 0 Å². The van der Waals surface area contributed by atoms with E-state index in [4.69, 9.17) is 9.47 Å². The molecular weight excluding hydrogens is 430 g/mol. The molecule has 6 rings (SSSR count). The van der Waals surface area contributed by atoms with Gasteiger partial charge in [-0.05, 0) is 47.2 Å². The number of methoxy groups -OCH3 is 1. The summed E-state index contributed by atoms with van der Waals surface area (Å²) >= 11 is 0. The Kier molecular flexibility index (Phi) is 4.91. The molecule has 0 aliphatic carbocycles. The molecule has 34 heavy (non-hydrogen) atoms. The number of imidazole rings is 1. The SMILES string of the molecule is COc1ccc2c(C3=N/C(=C/N4CCN(c5nc6ccccc6[nH]5)CC4)C(=O)O3)cccc2c1. The van der Waals surface area contributed by atoms with Crippen LogP contribution in [-0.2, 0) is 9.53 Å². The number of carbonyl (C=O) groups excluding carboxylic acids is 1.